The molecule has 0 amide bonds. The zero-order valence-corrected chi connectivity index (χ0v) is 20.1. The number of hydrogen-bond acceptors (Lipinski definition) is 7. The molecular formula is C23H23FN6O2S2. The van der Waals surface area contributed by atoms with E-state index in [1.54, 1.807) is 23.0 Å². The van der Waals surface area contributed by atoms with Gasteiger partial charge in [0.25, 0.3) is 0 Å². The van der Waals surface area contributed by atoms with Crippen molar-refractivity contribution in [1.29, 1.82) is 0 Å². The molecule has 0 spiro atoms. The van der Waals surface area contributed by atoms with Crippen LogP contribution in [0.4, 0.5) is 4.39 Å². The minimum absolute atomic E-state index is 0.281. The third-order valence-electron chi connectivity index (χ3n) is 6.35. The summed E-state index contributed by atoms with van der Waals surface area (Å²) in [7, 11) is -1.49. The van der Waals surface area contributed by atoms with Gasteiger partial charge in [0.1, 0.15) is 11.9 Å². The van der Waals surface area contributed by atoms with Crippen LogP contribution >= 0.6 is 11.3 Å². The maximum absolute atomic E-state index is 13.7. The van der Waals surface area contributed by atoms with Gasteiger partial charge in [0.05, 0.1) is 10.9 Å². The van der Waals surface area contributed by atoms with Crippen LogP contribution in [0.1, 0.15) is 41.6 Å². The lowest BCUT2D eigenvalue weighted by molar-refractivity contribution is 0.517. The van der Waals surface area contributed by atoms with Crippen LogP contribution in [0.25, 0.3) is 5.57 Å². The van der Waals surface area contributed by atoms with Crippen LogP contribution in [0.2, 0.25) is 0 Å². The summed E-state index contributed by atoms with van der Waals surface area (Å²) in [5, 5.41) is 7.02. The lowest BCUT2D eigenvalue weighted by Gasteiger charge is -2.32. The third kappa shape index (κ3) is 3.87. The summed E-state index contributed by atoms with van der Waals surface area (Å²) in [6.45, 7) is 0.464. The Morgan fingerprint density at radius 3 is 2.62 bits per heavy atom. The Labute approximate surface area is 200 Å². The number of hydrogen-bond donors (Lipinski definition) is 1. The van der Waals surface area contributed by atoms with Gasteiger partial charge < -0.3 is 4.90 Å². The second-order valence-electron chi connectivity index (χ2n) is 8.85. The second kappa shape index (κ2) is 8.10. The minimum Gasteiger partial charge on any atom is -0.326 e. The Morgan fingerprint density at radius 1 is 1.18 bits per heavy atom. The molecule has 2 aromatic heterocycles. The summed E-state index contributed by atoms with van der Waals surface area (Å²) in [5.74, 6) is 0.389. The lowest BCUT2D eigenvalue weighted by atomic mass is 9.92. The topological polar surface area (TPSA) is 92.5 Å². The van der Waals surface area contributed by atoms with Crippen LogP contribution < -0.4 is 4.72 Å². The first kappa shape index (κ1) is 21.6. The first-order valence-corrected chi connectivity index (χ1v) is 13.6. The number of sulfonamides is 1. The highest BCUT2D eigenvalue weighted by atomic mass is 32.2. The Bertz CT molecular complexity index is 1390. The SMILES string of the molecule is Cn1ccc(C2=C3C[C@H](NS(=O)(=O)C4CC4)CN3C(c3nccs3)=NC2c2ccc(F)cc2)n1. The summed E-state index contributed by atoms with van der Waals surface area (Å²) in [6, 6.07) is 7.58. The van der Waals surface area contributed by atoms with Crippen LogP contribution in [-0.4, -0.2) is 51.8 Å². The molecule has 0 radical (unpaired) electrons. The van der Waals surface area contributed by atoms with Gasteiger partial charge in [0.15, 0.2) is 10.8 Å². The molecule has 1 aliphatic carbocycles. The van der Waals surface area contributed by atoms with E-state index < -0.39 is 16.1 Å². The molecule has 4 heterocycles. The zero-order valence-electron chi connectivity index (χ0n) is 18.4. The van der Waals surface area contributed by atoms with E-state index in [-0.39, 0.29) is 17.1 Å². The maximum atomic E-state index is 13.7. The highest BCUT2D eigenvalue weighted by molar-refractivity contribution is 7.90. The first-order valence-electron chi connectivity index (χ1n) is 11.1. The molecule has 2 atom stereocenters. The fourth-order valence-corrected chi connectivity index (χ4v) is 6.86. The number of nitrogens with zero attached hydrogens (tertiary/aromatic N) is 5. The lowest BCUT2D eigenvalue weighted by Crippen LogP contribution is -2.40. The molecule has 1 N–H and O–H groups in total. The van der Waals surface area contributed by atoms with E-state index in [1.165, 1.54) is 23.5 Å². The number of aliphatic imine (C=N–C) groups is 1. The molecule has 34 heavy (non-hydrogen) atoms. The van der Waals surface area contributed by atoms with Crippen molar-refractivity contribution in [2.45, 2.75) is 36.6 Å². The number of aromatic nitrogens is 3. The monoisotopic (exact) mass is 498 g/mol. The van der Waals surface area contributed by atoms with E-state index in [4.69, 9.17) is 4.99 Å². The molecule has 1 saturated carbocycles. The molecule has 0 bridgehead atoms. The highest BCUT2D eigenvalue weighted by Crippen LogP contribution is 2.44. The molecule has 1 aromatic carbocycles. The average molecular weight is 499 g/mol. The smallest absolute Gasteiger partial charge is 0.214 e. The highest BCUT2D eigenvalue weighted by Gasteiger charge is 2.43. The average Bonchev–Trinajstić information content (AvgIpc) is 3.17. The molecule has 176 valence electrons. The van der Waals surface area contributed by atoms with E-state index in [1.807, 2.05) is 24.7 Å². The number of thiazole rings is 1. The van der Waals surface area contributed by atoms with Crippen LogP contribution in [0, 0.1) is 5.82 Å². The van der Waals surface area contributed by atoms with Crippen molar-refractivity contribution < 1.29 is 12.8 Å². The molecule has 1 unspecified atom stereocenters. The van der Waals surface area contributed by atoms with Gasteiger partial charge in [-0.15, -0.1) is 11.3 Å². The third-order valence-corrected chi connectivity index (χ3v) is 9.13. The van der Waals surface area contributed by atoms with Crippen molar-refractivity contribution in [2.24, 2.45) is 12.0 Å². The number of nitrogens with one attached hydrogen (secondary N) is 1. The first-order chi connectivity index (χ1) is 16.4. The second-order valence-corrected chi connectivity index (χ2v) is 11.7. The quantitative estimate of drug-likeness (QED) is 0.564. The van der Waals surface area contributed by atoms with Gasteiger partial charge in [-0.25, -0.2) is 22.5 Å². The maximum Gasteiger partial charge on any atom is 0.214 e. The fourth-order valence-electron chi connectivity index (χ4n) is 4.65. The minimum atomic E-state index is -3.35. The molecule has 2 aliphatic heterocycles. The van der Waals surface area contributed by atoms with Crippen molar-refractivity contribution in [3.8, 4) is 0 Å². The van der Waals surface area contributed by atoms with Gasteiger partial charge in [-0.2, -0.15) is 5.10 Å². The van der Waals surface area contributed by atoms with Crippen molar-refractivity contribution >= 4 is 32.8 Å². The number of fused-ring (bicyclic) bond motifs is 1. The molecule has 3 aliphatic rings. The summed E-state index contributed by atoms with van der Waals surface area (Å²) < 4.78 is 43.8. The van der Waals surface area contributed by atoms with Gasteiger partial charge in [-0.1, -0.05) is 12.1 Å². The van der Waals surface area contributed by atoms with Crippen molar-refractivity contribution in [3.05, 3.63) is 75.9 Å². The summed E-state index contributed by atoms with van der Waals surface area (Å²) in [4.78, 5) is 11.7. The van der Waals surface area contributed by atoms with Crippen molar-refractivity contribution in [1.82, 2.24) is 24.4 Å². The van der Waals surface area contributed by atoms with E-state index >= 15 is 0 Å². The van der Waals surface area contributed by atoms with Crippen LogP contribution in [0.3, 0.4) is 0 Å². The Morgan fingerprint density at radius 2 is 1.97 bits per heavy atom. The zero-order chi connectivity index (χ0) is 23.4. The van der Waals surface area contributed by atoms with E-state index in [2.05, 4.69) is 19.7 Å². The Hall–Kier alpha value is -2.89. The van der Waals surface area contributed by atoms with Crippen LogP contribution in [0.5, 0.6) is 0 Å². The Kier molecular flexibility index (Phi) is 5.16. The standard InChI is InChI=1S/C23H23FN6O2S2/c1-29-10-8-18(27-29)20-19-12-16(28-34(31,32)17-6-7-17)13-30(19)22(23-25-9-11-33-23)26-21(20)14-2-4-15(24)5-3-14/h2-5,8-11,16-17,21,28H,6-7,12-13H2,1H3/t16-,21?/m0/s1. The van der Waals surface area contributed by atoms with Gasteiger partial charge >= 0.3 is 0 Å². The number of halogens is 1. The van der Waals surface area contributed by atoms with Crippen molar-refractivity contribution in [3.63, 3.8) is 0 Å². The number of amidine groups is 1. The summed E-state index contributed by atoms with van der Waals surface area (Å²) in [5.41, 5.74) is 3.48. The van der Waals surface area contributed by atoms with Crippen molar-refractivity contribution in [2.75, 3.05) is 6.54 Å². The summed E-state index contributed by atoms with van der Waals surface area (Å²) >= 11 is 1.48. The molecule has 6 rings (SSSR count). The molecule has 1 saturated heterocycles. The number of benzene rings is 1. The Balaban J connectivity index is 1.49. The largest absolute Gasteiger partial charge is 0.326 e. The van der Waals surface area contributed by atoms with E-state index in [0.717, 1.165) is 27.5 Å². The number of rotatable bonds is 6. The van der Waals surface area contributed by atoms with Crippen LogP contribution in [-0.2, 0) is 17.1 Å². The van der Waals surface area contributed by atoms with Gasteiger partial charge in [0, 0.05) is 55.1 Å². The summed E-state index contributed by atoms with van der Waals surface area (Å²) in [6.07, 6.45) is 5.55. The van der Waals surface area contributed by atoms with Gasteiger partial charge in [-0.05, 0) is 36.6 Å². The van der Waals surface area contributed by atoms with E-state index in [9.17, 15) is 12.8 Å². The predicted molar refractivity (Wildman–Crippen MR) is 128 cm³/mol. The fraction of sp³-hybridized carbons (Fsp3) is 0.348. The molecule has 2 fully saturated rings. The molecule has 8 nitrogen and oxygen atoms in total. The predicted octanol–water partition coefficient (Wildman–Crippen LogP) is 3.08. The molecule has 11 heteroatoms. The van der Waals surface area contributed by atoms with Gasteiger partial charge in [0.2, 0.25) is 10.0 Å². The number of aryl methyl sites for hydroxylation is 1. The van der Waals surface area contributed by atoms with Crippen LogP contribution in [0.15, 0.2) is 58.8 Å². The molecule has 3 aromatic rings. The van der Waals surface area contributed by atoms with Gasteiger partial charge in [-0.3, -0.25) is 9.67 Å². The molecular weight excluding hydrogens is 475 g/mol. The normalized spacial score (nSPS) is 22.8. The van der Waals surface area contributed by atoms with E-state index in [0.29, 0.717) is 31.6 Å².